The smallest absolute Gasteiger partial charge is 0.227 e. The quantitative estimate of drug-likeness (QED) is 0.544. The maximum Gasteiger partial charge on any atom is 0.227 e. The molecule has 0 atom stereocenters. The van der Waals surface area contributed by atoms with Crippen molar-refractivity contribution in [3.05, 3.63) is 93.5 Å². The number of sulfone groups is 1. The van der Waals surface area contributed by atoms with Crippen LogP contribution < -0.4 is 10.2 Å². The van der Waals surface area contributed by atoms with Gasteiger partial charge in [0.1, 0.15) is 23.9 Å². The normalized spacial score (nSPS) is 16.5. The third-order valence-corrected chi connectivity index (χ3v) is 7.91. The molecule has 0 spiro atoms. The van der Waals surface area contributed by atoms with Crippen LogP contribution in [0, 0.1) is 0 Å². The third-order valence-electron chi connectivity index (χ3n) is 5.83. The molecule has 1 fully saturated rings. The summed E-state index contributed by atoms with van der Waals surface area (Å²) in [6, 6.07) is 16.3. The van der Waals surface area contributed by atoms with Crippen molar-refractivity contribution in [2.24, 2.45) is 0 Å². The van der Waals surface area contributed by atoms with E-state index in [4.69, 9.17) is 13.9 Å². The van der Waals surface area contributed by atoms with Gasteiger partial charge in [0.15, 0.2) is 9.84 Å². The van der Waals surface area contributed by atoms with Crippen molar-refractivity contribution in [2.45, 2.75) is 36.4 Å². The lowest BCUT2D eigenvalue weighted by atomic mass is 10.1. The minimum absolute atomic E-state index is 0.127. The van der Waals surface area contributed by atoms with E-state index in [1.807, 2.05) is 12.1 Å². The van der Waals surface area contributed by atoms with Crippen LogP contribution in [0.2, 0.25) is 0 Å². The summed E-state index contributed by atoms with van der Waals surface area (Å²) in [4.78, 5) is 14.9. The number of rotatable bonds is 7. The molecule has 2 aromatic carbocycles. The fraction of sp³-hybridized carbons (Fsp3) is 0.292. The summed E-state index contributed by atoms with van der Waals surface area (Å²) < 4.78 is 41.0. The zero-order valence-corrected chi connectivity index (χ0v) is 18.2. The molecule has 1 aromatic heterocycles. The second-order valence-corrected chi connectivity index (χ2v) is 10.4. The lowest BCUT2D eigenvalue weighted by Gasteiger charge is -2.25. The van der Waals surface area contributed by atoms with Gasteiger partial charge < -0.3 is 13.9 Å². The molecular weight excluding hydrogens is 430 g/mol. The molecule has 1 saturated heterocycles. The highest BCUT2D eigenvalue weighted by Gasteiger charge is 2.33. The van der Waals surface area contributed by atoms with Gasteiger partial charge in [-0.25, -0.2) is 8.42 Å². The average molecular weight is 454 g/mol. The first-order valence-electron chi connectivity index (χ1n) is 10.4. The summed E-state index contributed by atoms with van der Waals surface area (Å²) in [7, 11) is -3.36. The molecule has 32 heavy (non-hydrogen) atoms. The number of hydrogen-bond donors (Lipinski definition) is 0. The molecule has 3 aromatic rings. The predicted molar refractivity (Wildman–Crippen MR) is 117 cm³/mol. The van der Waals surface area contributed by atoms with Crippen LogP contribution in [0.3, 0.4) is 0 Å². The molecule has 8 heteroatoms. The summed E-state index contributed by atoms with van der Waals surface area (Å²) >= 11 is 0. The van der Waals surface area contributed by atoms with Crippen LogP contribution in [-0.4, -0.2) is 31.8 Å². The van der Waals surface area contributed by atoms with Crippen LogP contribution in [0.15, 0.2) is 75.0 Å². The average Bonchev–Trinajstić information content (AvgIpc) is 3.14. The Balaban J connectivity index is 1.19. The third kappa shape index (κ3) is 4.21. The van der Waals surface area contributed by atoms with E-state index in [0.29, 0.717) is 12.3 Å². The zero-order valence-electron chi connectivity index (χ0n) is 17.4. The Bertz CT molecular complexity index is 1250. The number of hydrogen-bond acceptors (Lipinski definition) is 7. The topological polar surface area (TPSA) is 86.1 Å². The highest BCUT2D eigenvalue weighted by atomic mass is 32.2. The lowest BCUT2D eigenvalue weighted by molar-refractivity contribution is 0.0416. The van der Waals surface area contributed by atoms with Gasteiger partial charge in [0.2, 0.25) is 11.2 Å². The molecule has 2 aliphatic rings. The molecule has 7 nitrogen and oxygen atoms in total. The minimum atomic E-state index is -3.36. The molecule has 0 N–H and O–H groups in total. The molecule has 3 heterocycles. The van der Waals surface area contributed by atoms with Crippen molar-refractivity contribution in [1.82, 2.24) is 4.90 Å². The molecule has 166 valence electrons. The standard InChI is InChI=1S/C24H23NO6S/c26-23-9-20(12-25-10-18-3-1-2-4-19(18)11-25)30-16-24(23)31-13-17-5-7-21(8-6-17)32(27,28)22-14-29-15-22/h1-9,16,22H,10-15H2. The molecule has 0 aliphatic carbocycles. The summed E-state index contributed by atoms with van der Waals surface area (Å²) in [5.41, 5.74) is 3.11. The van der Waals surface area contributed by atoms with Crippen LogP contribution in [-0.2, 0) is 40.8 Å². The van der Waals surface area contributed by atoms with Crippen LogP contribution in [0.4, 0.5) is 0 Å². The Morgan fingerprint density at radius 2 is 1.69 bits per heavy atom. The van der Waals surface area contributed by atoms with Gasteiger partial charge in [-0.2, -0.15) is 0 Å². The fourth-order valence-electron chi connectivity index (χ4n) is 3.88. The van der Waals surface area contributed by atoms with E-state index >= 15 is 0 Å². The molecular formula is C24H23NO6S. The fourth-order valence-corrected chi connectivity index (χ4v) is 5.34. The van der Waals surface area contributed by atoms with Crippen molar-refractivity contribution in [3.63, 3.8) is 0 Å². The zero-order chi connectivity index (χ0) is 22.1. The van der Waals surface area contributed by atoms with Gasteiger partial charge in [0.05, 0.1) is 24.7 Å². The van der Waals surface area contributed by atoms with Gasteiger partial charge >= 0.3 is 0 Å². The van der Waals surface area contributed by atoms with E-state index in [1.165, 1.54) is 23.5 Å². The second-order valence-electron chi connectivity index (χ2n) is 8.13. The Labute approximate surface area is 186 Å². The first-order valence-corrected chi connectivity index (χ1v) is 12.0. The number of ether oxygens (including phenoxy) is 2. The molecule has 0 radical (unpaired) electrons. The second kappa shape index (κ2) is 8.54. The lowest BCUT2D eigenvalue weighted by Crippen LogP contribution is -2.40. The molecule has 0 saturated carbocycles. The monoisotopic (exact) mass is 453 g/mol. The van der Waals surface area contributed by atoms with Crippen molar-refractivity contribution in [1.29, 1.82) is 0 Å². The number of fused-ring (bicyclic) bond motifs is 1. The highest BCUT2D eigenvalue weighted by Crippen LogP contribution is 2.24. The first-order chi connectivity index (χ1) is 15.5. The van der Waals surface area contributed by atoms with Crippen LogP contribution in [0.25, 0.3) is 0 Å². The van der Waals surface area contributed by atoms with Gasteiger partial charge in [-0.05, 0) is 28.8 Å². The van der Waals surface area contributed by atoms with E-state index in [2.05, 4.69) is 17.0 Å². The van der Waals surface area contributed by atoms with E-state index in [0.717, 1.165) is 18.7 Å². The summed E-state index contributed by atoms with van der Waals surface area (Å²) in [6.45, 7) is 2.83. The Kier molecular flexibility index (Phi) is 5.58. The summed E-state index contributed by atoms with van der Waals surface area (Å²) in [6.07, 6.45) is 1.34. The Hall–Kier alpha value is -2.94. The number of nitrogens with zero attached hydrogens (tertiary/aromatic N) is 1. The van der Waals surface area contributed by atoms with E-state index in [-0.39, 0.29) is 35.9 Å². The van der Waals surface area contributed by atoms with Crippen molar-refractivity contribution < 1.29 is 22.3 Å². The van der Waals surface area contributed by atoms with Gasteiger partial charge in [-0.3, -0.25) is 9.69 Å². The summed E-state index contributed by atoms with van der Waals surface area (Å²) in [5, 5.41) is -0.470. The number of benzene rings is 2. The van der Waals surface area contributed by atoms with Crippen LogP contribution >= 0.6 is 0 Å². The van der Waals surface area contributed by atoms with Gasteiger partial charge in [0.25, 0.3) is 0 Å². The van der Waals surface area contributed by atoms with Gasteiger partial charge in [-0.1, -0.05) is 36.4 Å². The van der Waals surface area contributed by atoms with Crippen molar-refractivity contribution in [3.8, 4) is 5.75 Å². The van der Waals surface area contributed by atoms with Gasteiger partial charge in [0, 0.05) is 19.2 Å². The molecule has 0 unspecified atom stereocenters. The van der Waals surface area contributed by atoms with E-state index in [9.17, 15) is 13.2 Å². The van der Waals surface area contributed by atoms with Crippen molar-refractivity contribution in [2.75, 3.05) is 13.2 Å². The van der Waals surface area contributed by atoms with E-state index in [1.54, 1.807) is 24.3 Å². The van der Waals surface area contributed by atoms with Crippen LogP contribution in [0.5, 0.6) is 5.75 Å². The molecule has 0 bridgehead atoms. The largest absolute Gasteiger partial charge is 0.482 e. The maximum atomic E-state index is 12.5. The Morgan fingerprint density at radius 3 is 2.28 bits per heavy atom. The van der Waals surface area contributed by atoms with Crippen molar-refractivity contribution >= 4 is 9.84 Å². The maximum absolute atomic E-state index is 12.5. The molecule has 0 amide bonds. The van der Waals surface area contributed by atoms with Gasteiger partial charge in [-0.15, -0.1) is 0 Å². The SMILES string of the molecule is O=c1cc(CN2Cc3ccccc3C2)occ1OCc1ccc(S(=O)(=O)C2COC2)cc1. The minimum Gasteiger partial charge on any atom is -0.482 e. The van der Waals surface area contributed by atoms with Crippen LogP contribution in [0.1, 0.15) is 22.5 Å². The summed E-state index contributed by atoms with van der Waals surface area (Å²) in [5.74, 6) is 0.714. The highest BCUT2D eigenvalue weighted by molar-refractivity contribution is 7.92. The van der Waals surface area contributed by atoms with E-state index < -0.39 is 15.1 Å². The molecule has 2 aliphatic heterocycles. The Morgan fingerprint density at radius 1 is 1.00 bits per heavy atom. The molecule has 5 rings (SSSR count). The predicted octanol–water partition coefficient (Wildman–Crippen LogP) is 2.91. The first kappa shape index (κ1) is 20.9.